The van der Waals surface area contributed by atoms with Crippen LogP contribution in [0.5, 0.6) is 17.2 Å². The van der Waals surface area contributed by atoms with Gasteiger partial charge < -0.3 is 23.6 Å². The Morgan fingerprint density at radius 3 is 2.58 bits per heavy atom. The van der Waals surface area contributed by atoms with E-state index in [1.807, 2.05) is 29.2 Å². The van der Waals surface area contributed by atoms with Gasteiger partial charge in [0.15, 0.2) is 11.5 Å². The number of nitrogens with zero attached hydrogens (tertiary/aromatic N) is 3. The molecule has 0 saturated carbocycles. The molecule has 8 heteroatoms. The SMILES string of the molecule is COc1ccc(-c2noc([C@H]3CCCN(C(=O)c4ccccc4OC)C3)n2)cc1OC. The maximum Gasteiger partial charge on any atom is 0.257 e. The Kier molecular flexibility index (Phi) is 6.06. The average Bonchev–Trinajstić information content (AvgIpc) is 3.33. The third-order valence-electron chi connectivity index (χ3n) is 5.48. The van der Waals surface area contributed by atoms with Crippen LogP contribution in [-0.4, -0.2) is 55.4 Å². The number of piperidine rings is 1. The Bertz CT molecular complexity index is 1060. The lowest BCUT2D eigenvalue weighted by atomic mass is 9.97. The Morgan fingerprint density at radius 2 is 1.81 bits per heavy atom. The summed E-state index contributed by atoms with van der Waals surface area (Å²) < 4.78 is 21.6. The van der Waals surface area contributed by atoms with E-state index < -0.39 is 0 Å². The Labute approximate surface area is 180 Å². The zero-order valence-electron chi connectivity index (χ0n) is 17.8. The van der Waals surface area contributed by atoms with Crippen LogP contribution in [-0.2, 0) is 0 Å². The highest BCUT2D eigenvalue weighted by atomic mass is 16.5. The highest BCUT2D eigenvalue weighted by Gasteiger charge is 2.30. The van der Waals surface area contributed by atoms with Crippen molar-refractivity contribution in [3.8, 4) is 28.6 Å². The molecule has 0 unspecified atom stereocenters. The van der Waals surface area contributed by atoms with Gasteiger partial charge in [-0.3, -0.25) is 4.79 Å². The first-order valence-corrected chi connectivity index (χ1v) is 10.1. The first-order valence-electron chi connectivity index (χ1n) is 10.1. The van der Waals surface area contributed by atoms with Gasteiger partial charge in [-0.1, -0.05) is 17.3 Å². The van der Waals surface area contributed by atoms with E-state index in [9.17, 15) is 4.79 Å². The second-order valence-electron chi connectivity index (χ2n) is 7.32. The minimum Gasteiger partial charge on any atom is -0.496 e. The van der Waals surface area contributed by atoms with Gasteiger partial charge in [0.1, 0.15) is 5.75 Å². The molecule has 0 bridgehead atoms. The van der Waals surface area contributed by atoms with Crippen molar-refractivity contribution in [3.63, 3.8) is 0 Å². The number of amides is 1. The number of benzene rings is 2. The lowest BCUT2D eigenvalue weighted by Crippen LogP contribution is -2.39. The van der Waals surface area contributed by atoms with Crippen molar-refractivity contribution in [2.75, 3.05) is 34.4 Å². The molecule has 1 saturated heterocycles. The van der Waals surface area contributed by atoms with Crippen molar-refractivity contribution in [1.82, 2.24) is 15.0 Å². The van der Waals surface area contributed by atoms with E-state index in [1.165, 1.54) is 0 Å². The second kappa shape index (κ2) is 9.07. The highest BCUT2D eigenvalue weighted by Crippen LogP contribution is 2.33. The van der Waals surface area contributed by atoms with Crippen LogP contribution in [0.2, 0.25) is 0 Å². The minimum atomic E-state index is -0.0539. The van der Waals surface area contributed by atoms with Crippen LogP contribution >= 0.6 is 0 Å². The summed E-state index contributed by atoms with van der Waals surface area (Å²) in [5.74, 6) is 2.73. The molecular formula is C23H25N3O5. The van der Waals surface area contributed by atoms with E-state index in [4.69, 9.17) is 18.7 Å². The zero-order valence-corrected chi connectivity index (χ0v) is 17.8. The van der Waals surface area contributed by atoms with E-state index in [-0.39, 0.29) is 11.8 Å². The summed E-state index contributed by atoms with van der Waals surface area (Å²) in [5, 5.41) is 4.14. The van der Waals surface area contributed by atoms with Gasteiger partial charge in [0.25, 0.3) is 5.91 Å². The zero-order chi connectivity index (χ0) is 21.8. The number of carbonyl (C=O) groups is 1. The van der Waals surface area contributed by atoms with Crippen LogP contribution < -0.4 is 14.2 Å². The summed E-state index contributed by atoms with van der Waals surface area (Å²) in [7, 11) is 4.74. The first-order chi connectivity index (χ1) is 15.1. The molecule has 1 fully saturated rings. The number of hydrogen-bond donors (Lipinski definition) is 0. The van der Waals surface area contributed by atoms with Gasteiger partial charge in [-0.25, -0.2) is 0 Å². The molecule has 1 aromatic heterocycles. The van der Waals surface area contributed by atoms with E-state index in [0.717, 1.165) is 18.4 Å². The van der Waals surface area contributed by atoms with Crippen molar-refractivity contribution in [3.05, 3.63) is 53.9 Å². The highest BCUT2D eigenvalue weighted by molar-refractivity contribution is 5.97. The fraction of sp³-hybridized carbons (Fsp3) is 0.348. The topological polar surface area (TPSA) is 86.9 Å². The number of hydrogen-bond acceptors (Lipinski definition) is 7. The van der Waals surface area contributed by atoms with Gasteiger partial charge >= 0.3 is 0 Å². The largest absolute Gasteiger partial charge is 0.496 e. The van der Waals surface area contributed by atoms with Crippen LogP contribution in [0.4, 0.5) is 0 Å². The number of ether oxygens (including phenoxy) is 3. The predicted molar refractivity (Wildman–Crippen MR) is 114 cm³/mol. The lowest BCUT2D eigenvalue weighted by Gasteiger charge is -2.31. The summed E-state index contributed by atoms with van der Waals surface area (Å²) in [6, 6.07) is 12.7. The molecule has 31 heavy (non-hydrogen) atoms. The normalized spacial score (nSPS) is 16.1. The molecule has 0 radical (unpaired) electrons. The number of methoxy groups -OCH3 is 3. The van der Waals surface area contributed by atoms with Crippen molar-refractivity contribution in [1.29, 1.82) is 0 Å². The van der Waals surface area contributed by atoms with Gasteiger partial charge in [0.05, 0.1) is 32.8 Å². The van der Waals surface area contributed by atoms with Gasteiger partial charge in [-0.2, -0.15) is 4.98 Å². The fourth-order valence-corrected chi connectivity index (χ4v) is 3.85. The number of para-hydroxylation sites is 1. The molecule has 0 N–H and O–H groups in total. The molecule has 4 rings (SSSR count). The maximum absolute atomic E-state index is 13.1. The molecular weight excluding hydrogens is 398 g/mol. The molecule has 2 heterocycles. The molecule has 1 amide bonds. The number of rotatable bonds is 6. The molecule has 1 aliphatic heterocycles. The lowest BCUT2D eigenvalue weighted by molar-refractivity contribution is 0.0692. The summed E-state index contributed by atoms with van der Waals surface area (Å²) in [6.45, 7) is 1.20. The van der Waals surface area contributed by atoms with Crippen LogP contribution in [0, 0.1) is 0 Å². The van der Waals surface area contributed by atoms with Crippen molar-refractivity contribution < 1.29 is 23.5 Å². The molecule has 0 spiro atoms. The summed E-state index contributed by atoms with van der Waals surface area (Å²) >= 11 is 0. The molecule has 0 aliphatic carbocycles. The number of likely N-dealkylation sites (tertiary alicyclic amines) is 1. The first kappa shape index (κ1) is 20.7. The van der Waals surface area contributed by atoms with Crippen LogP contribution in [0.1, 0.15) is 35.0 Å². The average molecular weight is 423 g/mol. The second-order valence-corrected chi connectivity index (χ2v) is 7.32. The number of aromatic nitrogens is 2. The molecule has 3 aromatic rings. The smallest absolute Gasteiger partial charge is 0.257 e. The van der Waals surface area contributed by atoms with E-state index in [0.29, 0.717) is 47.6 Å². The van der Waals surface area contributed by atoms with E-state index in [1.54, 1.807) is 39.5 Å². The predicted octanol–water partition coefficient (Wildman–Crippen LogP) is 3.78. The molecule has 1 aliphatic rings. The third-order valence-corrected chi connectivity index (χ3v) is 5.48. The standard InChI is InChI=1S/C23H25N3O5/c1-28-18-9-5-4-8-17(18)23(27)26-12-6-7-16(14-26)22-24-21(25-31-22)15-10-11-19(29-2)20(13-15)30-3/h4-5,8-11,13,16H,6-7,12,14H2,1-3H3/t16-/m0/s1. The minimum absolute atomic E-state index is 0.0196. The van der Waals surface area contributed by atoms with Crippen LogP contribution in [0.15, 0.2) is 47.0 Å². The molecule has 162 valence electrons. The van der Waals surface area contributed by atoms with Crippen molar-refractivity contribution in [2.45, 2.75) is 18.8 Å². The fourth-order valence-electron chi connectivity index (χ4n) is 3.85. The van der Waals surface area contributed by atoms with Gasteiger partial charge in [-0.05, 0) is 43.2 Å². The quantitative estimate of drug-likeness (QED) is 0.596. The van der Waals surface area contributed by atoms with Gasteiger partial charge in [0, 0.05) is 18.7 Å². The molecule has 2 aromatic carbocycles. The third kappa shape index (κ3) is 4.19. The Balaban J connectivity index is 1.52. The summed E-state index contributed by atoms with van der Waals surface area (Å²) in [5.41, 5.74) is 1.33. The molecule has 8 nitrogen and oxygen atoms in total. The van der Waals surface area contributed by atoms with E-state index in [2.05, 4.69) is 10.1 Å². The maximum atomic E-state index is 13.1. The van der Waals surface area contributed by atoms with Crippen LogP contribution in [0.3, 0.4) is 0 Å². The van der Waals surface area contributed by atoms with E-state index >= 15 is 0 Å². The van der Waals surface area contributed by atoms with Gasteiger partial charge in [0.2, 0.25) is 11.7 Å². The monoisotopic (exact) mass is 423 g/mol. The van der Waals surface area contributed by atoms with Crippen molar-refractivity contribution in [2.24, 2.45) is 0 Å². The molecule has 1 atom stereocenters. The Hall–Kier alpha value is -3.55. The Morgan fingerprint density at radius 1 is 1.03 bits per heavy atom. The summed E-state index contributed by atoms with van der Waals surface area (Å²) in [6.07, 6.45) is 1.74. The summed E-state index contributed by atoms with van der Waals surface area (Å²) in [4.78, 5) is 19.5. The van der Waals surface area contributed by atoms with Gasteiger partial charge in [-0.15, -0.1) is 0 Å². The van der Waals surface area contributed by atoms with Crippen LogP contribution in [0.25, 0.3) is 11.4 Å². The number of carbonyl (C=O) groups excluding carboxylic acids is 1. The van der Waals surface area contributed by atoms with Crippen molar-refractivity contribution >= 4 is 5.91 Å².